The first-order valence-corrected chi connectivity index (χ1v) is 6.58. The minimum Gasteiger partial charge on any atom is -0.351 e. The Labute approximate surface area is 106 Å². The second-order valence-electron chi connectivity index (χ2n) is 2.86. The van der Waals surface area contributed by atoms with Gasteiger partial charge < -0.3 is 5.32 Å². The highest BCUT2D eigenvalue weighted by molar-refractivity contribution is 14.1. The summed E-state index contributed by atoms with van der Waals surface area (Å²) in [7, 11) is 0. The molecule has 0 spiro atoms. The lowest BCUT2D eigenvalue weighted by Crippen LogP contribution is -2.25. The van der Waals surface area contributed by atoms with Gasteiger partial charge in [0.15, 0.2) is 0 Å². The number of hydrogen-bond acceptors (Lipinski definition) is 1. The molecule has 14 heavy (non-hydrogen) atoms. The van der Waals surface area contributed by atoms with Crippen LogP contribution in [0.1, 0.15) is 15.9 Å². The van der Waals surface area contributed by atoms with E-state index in [1.54, 1.807) is 0 Å². The van der Waals surface area contributed by atoms with Gasteiger partial charge in [-0.2, -0.15) is 0 Å². The fourth-order valence-electron chi connectivity index (χ4n) is 1.11. The van der Waals surface area contributed by atoms with E-state index in [4.69, 9.17) is 0 Å². The highest BCUT2D eigenvalue weighted by Crippen LogP contribution is 2.19. The topological polar surface area (TPSA) is 29.1 Å². The van der Waals surface area contributed by atoms with Crippen molar-refractivity contribution in [3.63, 3.8) is 0 Å². The number of amides is 1. The van der Waals surface area contributed by atoms with E-state index in [9.17, 15) is 4.79 Å². The summed E-state index contributed by atoms with van der Waals surface area (Å²) in [6, 6.07) is 5.64. The molecule has 0 fully saturated rings. The zero-order chi connectivity index (χ0) is 10.6. The van der Waals surface area contributed by atoms with Crippen LogP contribution in [0.5, 0.6) is 0 Å². The molecule has 0 aliphatic carbocycles. The second kappa shape index (κ2) is 5.70. The van der Waals surface area contributed by atoms with Crippen LogP contribution in [0.15, 0.2) is 22.7 Å². The predicted molar refractivity (Wildman–Crippen MR) is 70.1 cm³/mol. The first kappa shape index (κ1) is 12.0. The molecule has 2 nitrogen and oxygen atoms in total. The Kier molecular flexibility index (Phi) is 4.88. The average molecular weight is 368 g/mol. The summed E-state index contributed by atoms with van der Waals surface area (Å²) in [4.78, 5) is 11.6. The number of nitrogens with one attached hydrogen (secondary N) is 1. The zero-order valence-corrected chi connectivity index (χ0v) is 11.6. The molecule has 0 unspecified atom stereocenters. The van der Waals surface area contributed by atoms with Gasteiger partial charge in [0.25, 0.3) is 5.91 Å². The first-order chi connectivity index (χ1) is 6.66. The SMILES string of the molecule is Cc1c(Br)cccc1C(=O)NCCI. The van der Waals surface area contributed by atoms with Crippen molar-refractivity contribution in [2.24, 2.45) is 0 Å². The van der Waals surface area contributed by atoms with Crippen molar-refractivity contribution in [1.29, 1.82) is 0 Å². The van der Waals surface area contributed by atoms with Crippen LogP contribution in [0.4, 0.5) is 0 Å². The third-order valence-corrected chi connectivity index (χ3v) is 3.29. The van der Waals surface area contributed by atoms with Gasteiger partial charge in [-0.3, -0.25) is 4.79 Å². The van der Waals surface area contributed by atoms with Crippen molar-refractivity contribution >= 4 is 44.4 Å². The monoisotopic (exact) mass is 367 g/mol. The molecular weight excluding hydrogens is 357 g/mol. The van der Waals surface area contributed by atoms with Gasteiger partial charge in [-0.25, -0.2) is 0 Å². The Hall–Kier alpha value is -0.100. The Balaban J connectivity index is 2.84. The number of alkyl halides is 1. The molecule has 76 valence electrons. The largest absolute Gasteiger partial charge is 0.351 e. The second-order valence-corrected chi connectivity index (χ2v) is 4.79. The molecule has 0 aliphatic heterocycles. The van der Waals surface area contributed by atoms with Crippen LogP contribution in [0.2, 0.25) is 0 Å². The highest BCUT2D eigenvalue weighted by Gasteiger charge is 2.09. The maximum absolute atomic E-state index is 11.6. The molecule has 0 atom stereocenters. The fraction of sp³-hybridized carbons (Fsp3) is 0.300. The van der Waals surface area contributed by atoms with Crippen LogP contribution < -0.4 is 5.32 Å². The van der Waals surface area contributed by atoms with Gasteiger partial charge in [-0.05, 0) is 24.6 Å². The van der Waals surface area contributed by atoms with E-state index >= 15 is 0 Å². The normalized spacial score (nSPS) is 9.93. The quantitative estimate of drug-likeness (QED) is 0.646. The number of rotatable bonds is 3. The zero-order valence-electron chi connectivity index (χ0n) is 7.81. The minimum absolute atomic E-state index is 0.000431. The number of halogens is 2. The number of carbonyl (C=O) groups is 1. The molecule has 0 bridgehead atoms. The summed E-state index contributed by atoms with van der Waals surface area (Å²) in [5, 5.41) is 2.85. The van der Waals surface area contributed by atoms with E-state index in [2.05, 4.69) is 43.8 Å². The molecule has 0 radical (unpaired) electrons. The number of benzene rings is 1. The summed E-state index contributed by atoms with van der Waals surface area (Å²) >= 11 is 5.63. The van der Waals surface area contributed by atoms with Crippen molar-refractivity contribution in [3.8, 4) is 0 Å². The number of carbonyl (C=O) groups excluding carboxylic acids is 1. The van der Waals surface area contributed by atoms with Crippen LogP contribution >= 0.6 is 38.5 Å². The molecular formula is C10H11BrINO. The molecule has 0 heterocycles. The van der Waals surface area contributed by atoms with Crippen molar-refractivity contribution in [2.45, 2.75) is 6.92 Å². The Morgan fingerprint density at radius 1 is 1.57 bits per heavy atom. The molecule has 0 saturated carbocycles. The Morgan fingerprint density at radius 2 is 2.29 bits per heavy atom. The molecule has 1 amide bonds. The van der Waals surface area contributed by atoms with Gasteiger partial charge in [0, 0.05) is 21.0 Å². The first-order valence-electron chi connectivity index (χ1n) is 4.26. The standard InChI is InChI=1S/C10H11BrINO/c1-7-8(3-2-4-9(7)11)10(14)13-6-5-12/h2-4H,5-6H2,1H3,(H,13,14). The van der Waals surface area contributed by atoms with Gasteiger partial charge in [-0.1, -0.05) is 44.6 Å². The van der Waals surface area contributed by atoms with E-state index in [-0.39, 0.29) is 5.91 Å². The lowest BCUT2D eigenvalue weighted by molar-refractivity contribution is 0.0956. The van der Waals surface area contributed by atoms with Gasteiger partial charge in [0.1, 0.15) is 0 Å². The third-order valence-electron chi connectivity index (χ3n) is 1.89. The minimum atomic E-state index is 0.000431. The fourth-order valence-corrected chi connectivity index (χ4v) is 1.75. The molecule has 1 N–H and O–H groups in total. The lowest BCUT2D eigenvalue weighted by atomic mass is 10.1. The van der Waals surface area contributed by atoms with Crippen molar-refractivity contribution in [1.82, 2.24) is 5.32 Å². The van der Waals surface area contributed by atoms with E-state index in [1.807, 2.05) is 25.1 Å². The van der Waals surface area contributed by atoms with Crippen LogP contribution in [0.3, 0.4) is 0 Å². The molecule has 1 aromatic rings. The molecule has 0 aromatic heterocycles. The van der Waals surface area contributed by atoms with E-state index < -0.39 is 0 Å². The van der Waals surface area contributed by atoms with E-state index in [0.29, 0.717) is 6.54 Å². The van der Waals surface area contributed by atoms with Crippen molar-refractivity contribution in [2.75, 3.05) is 11.0 Å². The lowest BCUT2D eigenvalue weighted by Gasteiger charge is -2.07. The maximum Gasteiger partial charge on any atom is 0.251 e. The average Bonchev–Trinajstić information content (AvgIpc) is 2.18. The summed E-state index contributed by atoms with van der Waals surface area (Å²) in [5.74, 6) is 0.000431. The van der Waals surface area contributed by atoms with Crippen molar-refractivity contribution < 1.29 is 4.79 Å². The summed E-state index contributed by atoms with van der Waals surface area (Å²) < 4.78 is 1.90. The molecule has 1 aromatic carbocycles. The third kappa shape index (κ3) is 2.95. The molecule has 1 rings (SSSR count). The van der Waals surface area contributed by atoms with Gasteiger partial charge >= 0.3 is 0 Å². The Bertz CT molecular complexity index is 341. The van der Waals surface area contributed by atoms with E-state index in [0.717, 1.165) is 20.0 Å². The molecule has 0 saturated heterocycles. The van der Waals surface area contributed by atoms with Gasteiger partial charge in [0.05, 0.1) is 0 Å². The van der Waals surface area contributed by atoms with Crippen LogP contribution in [-0.4, -0.2) is 16.9 Å². The van der Waals surface area contributed by atoms with Gasteiger partial charge in [-0.15, -0.1) is 0 Å². The van der Waals surface area contributed by atoms with Crippen LogP contribution in [-0.2, 0) is 0 Å². The maximum atomic E-state index is 11.6. The predicted octanol–water partition coefficient (Wildman–Crippen LogP) is 2.92. The van der Waals surface area contributed by atoms with Crippen LogP contribution in [0.25, 0.3) is 0 Å². The van der Waals surface area contributed by atoms with E-state index in [1.165, 1.54) is 0 Å². The highest BCUT2D eigenvalue weighted by atomic mass is 127. The smallest absolute Gasteiger partial charge is 0.251 e. The summed E-state index contributed by atoms with van der Waals surface area (Å²) in [6.07, 6.45) is 0. The van der Waals surface area contributed by atoms with Crippen molar-refractivity contribution in [3.05, 3.63) is 33.8 Å². The molecule has 4 heteroatoms. The summed E-state index contributed by atoms with van der Waals surface area (Å²) in [6.45, 7) is 2.65. The summed E-state index contributed by atoms with van der Waals surface area (Å²) in [5.41, 5.74) is 1.72. The molecule has 0 aliphatic rings. The van der Waals surface area contributed by atoms with Crippen LogP contribution in [0, 0.1) is 6.92 Å². The Morgan fingerprint density at radius 3 is 2.93 bits per heavy atom. The van der Waals surface area contributed by atoms with Gasteiger partial charge in [0.2, 0.25) is 0 Å². The number of hydrogen-bond donors (Lipinski definition) is 1.